The third kappa shape index (κ3) is 2.90. The van der Waals surface area contributed by atoms with Crippen molar-refractivity contribution in [3.63, 3.8) is 0 Å². The van der Waals surface area contributed by atoms with Gasteiger partial charge in [-0.25, -0.2) is 0 Å². The number of hydrogen-bond acceptors (Lipinski definition) is 4. The molecule has 0 bridgehead atoms. The van der Waals surface area contributed by atoms with Gasteiger partial charge in [0.2, 0.25) is 0 Å². The van der Waals surface area contributed by atoms with Gasteiger partial charge in [0.1, 0.15) is 5.75 Å². The Morgan fingerprint density at radius 3 is 2.95 bits per heavy atom. The van der Waals surface area contributed by atoms with Gasteiger partial charge in [-0.2, -0.15) is 0 Å². The fourth-order valence-electron chi connectivity index (χ4n) is 2.49. The van der Waals surface area contributed by atoms with Crippen LogP contribution in [-0.4, -0.2) is 29.7 Å². The minimum absolute atomic E-state index is 0.429. The largest absolute Gasteiger partial charge is 0.492 e. The Morgan fingerprint density at radius 2 is 2.16 bits per heavy atom. The van der Waals surface area contributed by atoms with Gasteiger partial charge in [0.15, 0.2) is 0 Å². The normalized spacial score (nSPS) is 22.3. The zero-order valence-corrected chi connectivity index (χ0v) is 10.7. The number of pyridine rings is 2. The Bertz CT molecular complexity index is 503. The summed E-state index contributed by atoms with van der Waals surface area (Å²) in [5, 5.41) is 3.42. The molecule has 4 nitrogen and oxygen atoms in total. The number of hydrogen-bond donors (Lipinski definition) is 1. The van der Waals surface area contributed by atoms with Crippen LogP contribution in [0.25, 0.3) is 0 Å². The Hall–Kier alpha value is -1.94. The predicted octanol–water partition coefficient (Wildman–Crippen LogP) is 1.86. The molecule has 2 aromatic heterocycles. The van der Waals surface area contributed by atoms with Crippen LogP contribution < -0.4 is 10.1 Å². The smallest absolute Gasteiger partial charge is 0.137 e. The average Bonchev–Trinajstić information content (AvgIpc) is 2.95. The van der Waals surface area contributed by atoms with Crippen molar-refractivity contribution in [3.8, 4) is 5.75 Å². The number of rotatable bonds is 4. The first-order valence-electron chi connectivity index (χ1n) is 6.58. The van der Waals surface area contributed by atoms with E-state index in [0.717, 1.165) is 24.5 Å². The SMILES string of the molecule is c1ccc([C@H]2CNC[C@@H]2COc2cccnc2)nc1. The van der Waals surface area contributed by atoms with Crippen molar-refractivity contribution in [2.24, 2.45) is 5.92 Å². The fraction of sp³-hybridized carbons (Fsp3) is 0.333. The van der Waals surface area contributed by atoms with Crippen LogP contribution >= 0.6 is 0 Å². The zero-order chi connectivity index (χ0) is 12.9. The Kier molecular flexibility index (Phi) is 3.70. The van der Waals surface area contributed by atoms with E-state index in [-0.39, 0.29) is 0 Å². The van der Waals surface area contributed by atoms with Crippen LogP contribution in [0.3, 0.4) is 0 Å². The monoisotopic (exact) mass is 255 g/mol. The van der Waals surface area contributed by atoms with Crippen molar-refractivity contribution in [1.29, 1.82) is 0 Å². The van der Waals surface area contributed by atoms with Gasteiger partial charge >= 0.3 is 0 Å². The summed E-state index contributed by atoms with van der Waals surface area (Å²) in [6.45, 7) is 2.64. The van der Waals surface area contributed by atoms with Crippen molar-refractivity contribution in [2.45, 2.75) is 5.92 Å². The Morgan fingerprint density at radius 1 is 1.16 bits per heavy atom. The van der Waals surface area contributed by atoms with E-state index in [1.807, 2.05) is 30.5 Å². The molecule has 98 valence electrons. The van der Waals surface area contributed by atoms with Gasteiger partial charge in [0.25, 0.3) is 0 Å². The molecule has 4 heteroatoms. The Labute approximate surface area is 112 Å². The molecule has 1 aliphatic heterocycles. The van der Waals surface area contributed by atoms with Gasteiger partial charge in [-0.3, -0.25) is 9.97 Å². The predicted molar refractivity (Wildman–Crippen MR) is 73.1 cm³/mol. The van der Waals surface area contributed by atoms with Gasteiger partial charge in [0.05, 0.1) is 12.8 Å². The lowest BCUT2D eigenvalue weighted by atomic mass is 9.93. The molecular weight excluding hydrogens is 238 g/mol. The van der Waals surface area contributed by atoms with Crippen molar-refractivity contribution in [2.75, 3.05) is 19.7 Å². The van der Waals surface area contributed by atoms with Crippen molar-refractivity contribution >= 4 is 0 Å². The van der Waals surface area contributed by atoms with E-state index < -0.39 is 0 Å². The first-order chi connectivity index (χ1) is 9.43. The number of aromatic nitrogens is 2. The third-order valence-electron chi connectivity index (χ3n) is 3.51. The molecule has 1 saturated heterocycles. The lowest BCUT2D eigenvalue weighted by Gasteiger charge is -2.18. The molecule has 0 aliphatic carbocycles. The summed E-state index contributed by atoms with van der Waals surface area (Å²) in [5.41, 5.74) is 1.15. The molecule has 2 aromatic rings. The van der Waals surface area contributed by atoms with Crippen LogP contribution in [0.5, 0.6) is 5.75 Å². The topological polar surface area (TPSA) is 47.0 Å². The molecule has 1 aliphatic rings. The minimum Gasteiger partial charge on any atom is -0.492 e. The molecule has 3 rings (SSSR count). The second-order valence-corrected chi connectivity index (χ2v) is 4.78. The molecular formula is C15H17N3O. The molecule has 0 radical (unpaired) electrons. The molecule has 0 spiro atoms. The fourth-order valence-corrected chi connectivity index (χ4v) is 2.49. The lowest BCUT2D eigenvalue weighted by molar-refractivity contribution is 0.246. The number of nitrogens with zero attached hydrogens (tertiary/aromatic N) is 2. The highest BCUT2D eigenvalue weighted by atomic mass is 16.5. The maximum atomic E-state index is 5.81. The van der Waals surface area contributed by atoms with E-state index in [1.165, 1.54) is 0 Å². The van der Waals surface area contributed by atoms with Gasteiger partial charge in [-0.05, 0) is 24.3 Å². The number of nitrogens with one attached hydrogen (secondary N) is 1. The van der Waals surface area contributed by atoms with Crippen LogP contribution in [-0.2, 0) is 0 Å². The second kappa shape index (κ2) is 5.80. The summed E-state index contributed by atoms with van der Waals surface area (Å²) >= 11 is 0. The maximum Gasteiger partial charge on any atom is 0.137 e. The van der Waals surface area contributed by atoms with Gasteiger partial charge in [-0.15, -0.1) is 0 Å². The van der Waals surface area contributed by atoms with Crippen molar-refractivity contribution < 1.29 is 4.74 Å². The zero-order valence-electron chi connectivity index (χ0n) is 10.7. The summed E-state index contributed by atoms with van der Waals surface area (Å²) in [6.07, 6.45) is 5.35. The third-order valence-corrected chi connectivity index (χ3v) is 3.51. The molecule has 19 heavy (non-hydrogen) atoms. The van der Waals surface area contributed by atoms with Gasteiger partial charge in [-0.1, -0.05) is 6.07 Å². The van der Waals surface area contributed by atoms with Gasteiger partial charge < -0.3 is 10.1 Å². The molecule has 0 amide bonds. The van der Waals surface area contributed by atoms with Crippen LogP contribution in [0.1, 0.15) is 11.6 Å². The highest BCUT2D eigenvalue weighted by Gasteiger charge is 2.29. The summed E-state index contributed by atoms with van der Waals surface area (Å²) in [7, 11) is 0. The summed E-state index contributed by atoms with van der Waals surface area (Å²) in [6, 6.07) is 9.91. The summed E-state index contributed by atoms with van der Waals surface area (Å²) in [5.74, 6) is 1.71. The molecule has 3 heterocycles. The number of ether oxygens (including phenoxy) is 1. The van der Waals surface area contributed by atoms with Crippen LogP contribution in [0.4, 0.5) is 0 Å². The minimum atomic E-state index is 0.429. The standard InChI is InChI=1S/C15H17N3O/c1-2-7-18-15(5-1)14-10-17-8-12(14)11-19-13-4-3-6-16-9-13/h1-7,9,12,14,17H,8,10-11H2/t12-,14+/m1/s1. The van der Waals surface area contributed by atoms with E-state index in [9.17, 15) is 0 Å². The first kappa shape index (κ1) is 12.1. The van der Waals surface area contributed by atoms with E-state index in [2.05, 4.69) is 21.4 Å². The average molecular weight is 255 g/mol. The molecule has 0 unspecified atom stereocenters. The first-order valence-corrected chi connectivity index (χ1v) is 6.58. The lowest BCUT2D eigenvalue weighted by Crippen LogP contribution is -2.20. The molecule has 1 N–H and O–H groups in total. The van der Waals surface area contributed by atoms with E-state index in [0.29, 0.717) is 18.4 Å². The van der Waals surface area contributed by atoms with Crippen molar-refractivity contribution in [1.82, 2.24) is 15.3 Å². The van der Waals surface area contributed by atoms with Crippen LogP contribution in [0, 0.1) is 5.92 Å². The van der Waals surface area contributed by atoms with Gasteiger partial charge in [0, 0.05) is 43.0 Å². The highest BCUT2D eigenvalue weighted by molar-refractivity contribution is 5.17. The summed E-state index contributed by atoms with van der Waals surface area (Å²) < 4.78 is 5.81. The Balaban J connectivity index is 1.64. The van der Waals surface area contributed by atoms with E-state index in [4.69, 9.17) is 4.74 Å². The highest BCUT2D eigenvalue weighted by Crippen LogP contribution is 2.27. The molecule has 1 fully saturated rings. The maximum absolute atomic E-state index is 5.81. The molecule has 0 aromatic carbocycles. The van der Waals surface area contributed by atoms with E-state index in [1.54, 1.807) is 12.4 Å². The molecule has 0 saturated carbocycles. The summed E-state index contributed by atoms with van der Waals surface area (Å²) in [4.78, 5) is 8.51. The van der Waals surface area contributed by atoms with Crippen LogP contribution in [0.15, 0.2) is 48.9 Å². The second-order valence-electron chi connectivity index (χ2n) is 4.78. The van der Waals surface area contributed by atoms with Crippen molar-refractivity contribution in [3.05, 3.63) is 54.6 Å². The molecule has 2 atom stereocenters. The van der Waals surface area contributed by atoms with E-state index >= 15 is 0 Å². The quantitative estimate of drug-likeness (QED) is 0.906. The van der Waals surface area contributed by atoms with Crippen LogP contribution in [0.2, 0.25) is 0 Å².